The fraction of sp³-hybridized carbons (Fsp3) is 0.357. The minimum atomic E-state index is -0.799. The van der Waals surface area contributed by atoms with Crippen LogP contribution < -0.4 is 5.56 Å². The van der Waals surface area contributed by atoms with Crippen LogP contribution in [0.25, 0.3) is 16.7 Å². The summed E-state index contributed by atoms with van der Waals surface area (Å²) in [6.07, 6.45) is 0. The van der Waals surface area contributed by atoms with Gasteiger partial charge in [0.2, 0.25) is 5.78 Å². The van der Waals surface area contributed by atoms with E-state index in [1.807, 2.05) is 22.6 Å². The topological polar surface area (TPSA) is 72.4 Å². The Morgan fingerprint density at radius 3 is 2.71 bits per heavy atom. The number of aliphatic hydroxyl groups is 1. The molecule has 6 nitrogen and oxygen atoms in total. The lowest BCUT2D eigenvalue weighted by molar-refractivity contribution is 0.107. The lowest BCUT2D eigenvalue weighted by atomic mass is 10.2. The fourth-order valence-corrected chi connectivity index (χ4v) is 3.04. The highest BCUT2D eigenvalue weighted by atomic mass is 32.2. The molecule has 0 saturated carbocycles. The van der Waals surface area contributed by atoms with Gasteiger partial charge >= 0.3 is 0 Å². The molecule has 3 rings (SSSR count). The summed E-state index contributed by atoms with van der Waals surface area (Å²) < 4.78 is 3.34. The third-order valence-corrected chi connectivity index (χ3v) is 4.52. The molecule has 2 heterocycles. The molecule has 0 radical (unpaired) electrons. The number of aryl methyl sites for hydroxylation is 1. The van der Waals surface area contributed by atoms with Crippen molar-refractivity contribution >= 4 is 28.4 Å². The average Bonchev–Trinajstić information content (AvgIpc) is 2.86. The van der Waals surface area contributed by atoms with Crippen molar-refractivity contribution in [2.24, 2.45) is 7.05 Å². The van der Waals surface area contributed by atoms with Crippen LogP contribution in [0.2, 0.25) is 0 Å². The smallest absolute Gasteiger partial charge is 0.262 e. The maximum absolute atomic E-state index is 12.3. The van der Waals surface area contributed by atoms with E-state index in [2.05, 4.69) is 10.2 Å². The molecule has 0 unspecified atom stereocenters. The first-order valence-corrected chi connectivity index (χ1v) is 7.55. The Bertz CT molecular complexity index is 876. The third-order valence-electron chi connectivity index (χ3n) is 3.15. The Labute approximate surface area is 125 Å². The molecule has 21 heavy (non-hydrogen) atoms. The fourth-order valence-electron chi connectivity index (χ4n) is 2.15. The van der Waals surface area contributed by atoms with Crippen molar-refractivity contribution in [1.82, 2.24) is 19.2 Å². The highest BCUT2D eigenvalue weighted by Crippen LogP contribution is 2.23. The number of benzene rings is 1. The van der Waals surface area contributed by atoms with Crippen molar-refractivity contribution in [3.8, 4) is 0 Å². The standard InChI is InChI=1S/C14H16N4O2S/c1-14(2,20)8-21-13-16-15-12-17(3)11(19)9-6-4-5-7-10(9)18(12)13/h4-7,20H,8H2,1-3H3. The molecule has 2 aromatic heterocycles. The summed E-state index contributed by atoms with van der Waals surface area (Å²) in [4.78, 5) is 12.3. The maximum atomic E-state index is 12.3. The first-order chi connectivity index (χ1) is 9.88. The van der Waals surface area contributed by atoms with E-state index in [0.29, 0.717) is 22.1 Å². The number of thioether (sulfide) groups is 1. The zero-order valence-corrected chi connectivity index (χ0v) is 12.9. The number of rotatable bonds is 3. The first kappa shape index (κ1) is 14.1. The Morgan fingerprint density at radius 1 is 1.29 bits per heavy atom. The van der Waals surface area contributed by atoms with Crippen molar-refractivity contribution in [2.75, 3.05) is 5.75 Å². The van der Waals surface area contributed by atoms with Crippen LogP contribution in [0.1, 0.15) is 13.8 Å². The Morgan fingerprint density at radius 2 is 2.00 bits per heavy atom. The predicted octanol–water partition coefficient (Wildman–Crippen LogP) is 1.44. The first-order valence-electron chi connectivity index (χ1n) is 6.56. The number of fused-ring (bicyclic) bond motifs is 3. The molecule has 110 valence electrons. The summed E-state index contributed by atoms with van der Waals surface area (Å²) in [6, 6.07) is 7.39. The van der Waals surface area contributed by atoms with Gasteiger partial charge in [-0.05, 0) is 26.0 Å². The van der Waals surface area contributed by atoms with E-state index < -0.39 is 5.60 Å². The summed E-state index contributed by atoms with van der Waals surface area (Å²) in [7, 11) is 1.68. The van der Waals surface area contributed by atoms with Gasteiger partial charge in [-0.25, -0.2) is 0 Å². The molecule has 1 aromatic carbocycles. The third kappa shape index (κ3) is 2.43. The summed E-state index contributed by atoms with van der Waals surface area (Å²) >= 11 is 1.42. The van der Waals surface area contributed by atoms with Crippen LogP contribution in [0.4, 0.5) is 0 Å². The molecule has 0 amide bonds. The monoisotopic (exact) mass is 304 g/mol. The Hall–Kier alpha value is -1.86. The predicted molar refractivity (Wildman–Crippen MR) is 82.8 cm³/mol. The van der Waals surface area contributed by atoms with Gasteiger partial charge in [0.1, 0.15) is 0 Å². The van der Waals surface area contributed by atoms with Gasteiger partial charge in [0.25, 0.3) is 5.56 Å². The van der Waals surface area contributed by atoms with Gasteiger partial charge in [0.05, 0.1) is 16.5 Å². The molecule has 0 spiro atoms. The number of aromatic nitrogens is 4. The van der Waals surface area contributed by atoms with Crippen LogP contribution in [0.5, 0.6) is 0 Å². The van der Waals surface area contributed by atoms with Crippen LogP contribution in [0.15, 0.2) is 34.2 Å². The van der Waals surface area contributed by atoms with Crippen molar-refractivity contribution in [3.05, 3.63) is 34.6 Å². The molecule has 0 atom stereocenters. The highest BCUT2D eigenvalue weighted by Gasteiger charge is 2.18. The minimum Gasteiger partial charge on any atom is -0.390 e. The van der Waals surface area contributed by atoms with Crippen LogP contribution in [0, 0.1) is 0 Å². The van der Waals surface area contributed by atoms with Crippen molar-refractivity contribution in [2.45, 2.75) is 24.6 Å². The van der Waals surface area contributed by atoms with E-state index in [-0.39, 0.29) is 5.56 Å². The van der Waals surface area contributed by atoms with Crippen LogP contribution >= 0.6 is 11.8 Å². The van der Waals surface area contributed by atoms with E-state index in [1.54, 1.807) is 27.0 Å². The van der Waals surface area contributed by atoms with Gasteiger partial charge in [0.15, 0.2) is 5.16 Å². The largest absolute Gasteiger partial charge is 0.390 e. The summed E-state index contributed by atoms with van der Waals surface area (Å²) in [6.45, 7) is 3.49. The number of hydrogen-bond donors (Lipinski definition) is 1. The highest BCUT2D eigenvalue weighted by molar-refractivity contribution is 7.99. The van der Waals surface area contributed by atoms with E-state index in [1.165, 1.54) is 16.3 Å². The van der Waals surface area contributed by atoms with Gasteiger partial charge < -0.3 is 5.11 Å². The second kappa shape index (κ2) is 4.85. The molecule has 0 aliphatic carbocycles. The summed E-state index contributed by atoms with van der Waals surface area (Å²) in [5.74, 6) is 0.988. The van der Waals surface area contributed by atoms with Crippen LogP contribution in [0.3, 0.4) is 0 Å². The van der Waals surface area contributed by atoms with Crippen molar-refractivity contribution in [1.29, 1.82) is 0 Å². The molecule has 3 aromatic rings. The molecular formula is C14H16N4O2S. The van der Waals surface area contributed by atoms with Gasteiger partial charge in [0, 0.05) is 12.8 Å². The number of para-hydroxylation sites is 1. The number of hydrogen-bond acceptors (Lipinski definition) is 5. The molecular weight excluding hydrogens is 288 g/mol. The average molecular weight is 304 g/mol. The lowest BCUT2D eigenvalue weighted by Crippen LogP contribution is -2.22. The lowest BCUT2D eigenvalue weighted by Gasteiger charge is -2.15. The Balaban J connectivity index is 2.27. The SMILES string of the molecule is Cn1c(=O)c2ccccc2n2c(SCC(C)(C)O)nnc12. The molecule has 0 fully saturated rings. The van der Waals surface area contributed by atoms with Gasteiger partial charge in [-0.1, -0.05) is 23.9 Å². The molecule has 0 bridgehead atoms. The van der Waals surface area contributed by atoms with E-state index in [9.17, 15) is 9.90 Å². The normalized spacial score (nSPS) is 12.4. The van der Waals surface area contributed by atoms with E-state index >= 15 is 0 Å². The van der Waals surface area contributed by atoms with Gasteiger partial charge in [-0.15, -0.1) is 10.2 Å². The summed E-state index contributed by atoms with van der Waals surface area (Å²) in [5.41, 5.74) is -0.115. The second-order valence-electron chi connectivity index (χ2n) is 5.60. The Kier molecular flexibility index (Phi) is 3.26. The van der Waals surface area contributed by atoms with Gasteiger partial charge in [-0.2, -0.15) is 0 Å². The zero-order chi connectivity index (χ0) is 15.2. The molecule has 0 aliphatic rings. The molecule has 7 heteroatoms. The van der Waals surface area contributed by atoms with Crippen molar-refractivity contribution < 1.29 is 5.11 Å². The molecule has 1 N–H and O–H groups in total. The maximum Gasteiger partial charge on any atom is 0.262 e. The molecule has 0 aliphatic heterocycles. The van der Waals surface area contributed by atoms with Crippen molar-refractivity contribution in [3.63, 3.8) is 0 Å². The molecule has 0 saturated heterocycles. The van der Waals surface area contributed by atoms with E-state index in [0.717, 1.165) is 5.52 Å². The van der Waals surface area contributed by atoms with Gasteiger partial charge in [-0.3, -0.25) is 13.8 Å². The zero-order valence-electron chi connectivity index (χ0n) is 12.1. The van der Waals surface area contributed by atoms with Crippen LogP contribution in [-0.2, 0) is 7.05 Å². The summed E-state index contributed by atoms with van der Waals surface area (Å²) in [5, 5.41) is 19.4. The second-order valence-corrected chi connectivity index (χ2v) is 6.54. The minimum absolute atomic E-state index is 0.0930. The quantitative estimate of drug-likeness (QED) is 0.741. The van der Waals surface area contributed by atoms with Crippen LogP contribution in [-0.4, -0.2) is 35.6 Å². The van der Waals surface area contributed by atoms with E-state index in [4.69, 9.17) is 0 Å². The number of nitrogens with zero attached hydrogens (tertiary/aromatic N) is 4.